The number of hydrogen-bond acceptors (Lipinski definition) is 3. The predicted octanol–water partition coefficient (Wildman–Crippen LogP) is 3.84. The zero-order valence-electron chi connectivity index (χ0n) is 14.6. The summed E-state index contributed by atoms with van der Waals surface area (Å²) in [6.07, 6.45) is 0.347. The molecule has 0 atom stereocenters. The summed E-state index contributed by atoms with van der Waals surface area (Å²) in [6, 6.07) is 10.0. The SMILES string of the molecule is O=C(O)C(=O)C1=C(O)c2c(c3cc(F)ccc3n2Cc2ccc(F)cc2)CC1. The molecule has 1 aromatic heterocycles. The van der Waals surface area contributed by atoms with Crippen molar-refractivity contribution >= 4 is 28.4 Å². The highest BCUT2D eigenvalue weighted by atomic mass is 19.1. The molecular formula is C21H15F2NO4. The van der Waals surface area contributed by atoms with Gasteiger partial charge in [-0.2, -0.15) is 0 Å². The number of carboxylic acid groups (broad SMARTS) is 1. The van der Waals surface area contributed by atoms with Gasteiger partial charge >= 0.3 is 5.97 Å². The summed E-state index contributed by atoms with van der Waals surface area (Å²) < 4.78 is 28.8. The molecule has 0 fully saturated rings. The number of carbonyl (C=O) groups excluding carboxylic acids is 1. The standard InChI is InChI=1S/C21H15F2NO4/c22-12-3-1-11(2-4-12)10-24-17-8-5-13(23)9-16(17)14-6-7-15(19(25)18(14)24)20(26)21(27)28/h1-5,8-9,25H,6-7,10H2,(H,27,28). The van der Waals surface area contributed by atoms with Crippen LogP contribution in [0.2, 0.25) is 0 Å². The maximum absolute atomic E-state index is 13.8. The van der Waals surface area contributed by atoms with Crippen LogP contribution >= 0.6 is 0 Å². The smallest absolute Gasteiger partial charge is 0.377 e. The summed E-state index contributed by atoms with van der Waals surface area (Å²) in [4.78, 5) is 23.1. The highest BCUT2D eigenvalue weighted by Gasteiger charge is 2.31. The molecule has 0 spiro atoms. The monoisotopic (exact) mass is 383 g/mol. The second kappa shape index (κ2) is 6.60. The van der Waals surface area contributed by atoms with Crippen LogP contribution in [0.4, 0.5) is 8.78 Å². The third kappa shape index (κ3) is 2.85. The average Bonchev–Trinajstić information content (AvgIpc) is 2.97. The number of aryl methyl sites for hydroxylation is 1. The van der Waals surface area contributed by atoms with E-state index in [0.29, 0.717) is 28.6 Å². The molecule has 7 heteroatoms. The lowest BCUT2D eigenvalue weighted by Gasteiger charge is -2.18. The van der Waals surface area contributed by atoms with E-state index in [1.807, 2.05) is 0 Å². The first-order valence-corrected chi connectivity index (χ1v) is 8.62. The second-order valence-corrected chi connectivity index (χ2v) is 6.66. The molecule has 1 heterocycles. The Kier molecular flexibility index (Phi) is 4.22. The summed E-state index contributed by atoms with van der Waals surface area (Å²) in [5.74, 6) is -4.04. The fraction of sp³-hybridized carbons (Fsp3) is 0.143. The molecule has 0 bridgehead atoms. The Morgan fingerprint density at radius 3 is 2.36 bits per heavy atom. The number of aliphatic hydroxyl groups excluding tert-OH is 1. The van der Waals surface area contributed by atoms with Crippen molar-refractivity contribution in [3.63, 3.8) is 0 Å². The number of benzene rings is 2. The van der Waals surface area contributed by atoms with Crippen molar-refractivity contribution in [1.82, 2.24) is 4.57 Å². The number of hydrogen-bond donors (Lipinski definition) is 2. The third-order valence-corrected chi connectivity index (χ3v) is 4.99. The molecule has 3 aromatic rings. The number of halogens is 2. The molecule has 4 rings (SSSR count). The number of fused-ring (bicyclic) bond motifs is 3. The number of Topliss-reactive ketones (excluding diaryl/α,β-unsaturated/α-hetero) is 1. The van der Waals surface area contributed by atoms with E-state index in [2.05, 4.69) is 0 Å². The number of rotatable bonds is 4. The maximum Gasteiger partial charge on any atom is 0.377 e. The van der Waals surface area contributed by atoms with Crippen molar-refractivity contribution in [3.8, 4) is 0 Å². The van der Waals surface area contributed by atoms with Crippen molar-refractivity contribution in [1.29, 1.82) is 0 Å². The lowest BCUT2D eigenvalue weighted by molar-refractivity contribution is -0.147. The Balaban J connectivity index is 1.95. The number of aliphatic carboxylic acids is 1. The zero-order valence-corrected chi connectivity index (χ0v) is 14.6. The van der Waals surface area contributed by atoms with Crippen LogP contribution in [-0.2, 0) is 22.6 Å². The van der Waals surface area contributed by atoms with Crippen LogP contribution in [0, 0.1) is 11.6 Å². The van der Waals surface area contributed by atoms with Gasteiger partial charge in [0.2, 0.25) is 0 Å². The predicted molar refractivity (Wildman–Crippen MR) is 97.9 cm³/mol. The van der Waals surface area contributed by atoms with Crippen molar-refractivity contribution in [2.45, 2.75) is 19.4 Å². The summed E-state index contributed by atoms with van der Waals surface area (Å²) >= 11 is 0. The van der Waals surface area contributed by atoms with E-state index in [0.717, 1.165) is 5.56 Å². The van der Waals surface area contributed by atoms with Gasteiger partial charge in [-0.3, -0.25) is 4.79 Å². The molecule has 0 aliphatic heterocycles. The van der Waals surface area contributed by atoms with Crippen molar-refractivity contribution in [2.75, 3.05) is 0 Å². The van der Waals surface area contributed by atoms with E-state index >= 15 is 0 Å². The van der Waals surface area contributed by atoms with Gasteiger partial charge in [-0.25, -0.2) is 13.6 Å². The molecule has 2 aromatic carbocycles. The topological polar surface area (TPSA) is 79.5 Å². The van der Waals surface area contributed by atoms with Crippen LogP contribution in [0.25, 0.3) is 16.7 Å². The van der Waals surface area contributed by atoms with Crippen LogP contribution in [0.1, 0.15) is 23.2 Å². The second-order valence-electron chi connectivity index (χ2n) is 6.66. The lowest BCUT2D eigenvalue weighted by atomic mass is 9.91. The highest BCUT2D eigenvalue weighted by Crippen LogP contribution is 2.38. The first kappa shape index (κ1) is 17.9. The molecule has 1 aliphatic carbocycles. The van der Waals surface area contributed by atoms with Gasteiger partial charge in [-0.15, -0.1) is 0 Å². The summed E-state index contributed by atoms with van der Waals surface area (Å²) in [5.41, 5.74) is 2.13. The van der Waals surface area contributed by atoms with Gasteiger partial charge in [0.25, 0.3) is 5.78 Å². The van der Waals surface area contributed by atoms with Gasteiger partial charge in [0, 0.05) is 17.4 Å². The Morgan fingerprint density at radius 1 is 1.00 bits per heavy atom. The van der Waals surface area contributed by atoms with Crippen LogP contribution in [0.3, 0.4) is 0 Å². The Hall–Kier alpha value is -3.48. The largest absolute Gasteiger partial charge is 0.505 e. The fourth-order valence-electron chi connectivity index (χ4n) is 3.72. The molecule has 142 valence electrons. The minimum absolute atomic E-state index is 0.0517. The first-order chi connectivity index (χ1) is 13.4. The minimum atomic E-state index is -1.64. The molecule has 1 aliphatic rings. The van der Waals surface area contributed by atoms with E-state index < -0.39 is 23.3 Å². The molecule has 2 N–H and O–H groups in total. The van der Waals surface area contributed by atoms with Crippen LogP contribution in [0.5, 0.6) is 0 Å². The number of nitrogens with zero attached hydrogens (tertiary/aromatic N) is 1. The molecule has 28 heavy (non-hydrogen) atoms. The van der Waals surface area contributed by atoms with Gasteiger partial charge in [-0.1, -0.05) is 12.1 Å². The first-order valence-electron chi connectivity index (χ1n) is 8.62. The van der Waals surface area contributed by atoms with E-state index in [4.69, 9.17) is 5.11 Å². The summed E-state index contributed by atoms with van der Waals surface area (Å²) in [6.45, 7) is 0.232. The van der Waals surface area contributed by atoms with Gasteiger partial charge < -0.3 is 14.8 Å². The lowest BCUT2D eigenvalue weighted by Crippen LogP contribution is -2.21. The van der Waals surface area contributed by atoms with Crippen LogP contribution < -0.4 is 0 Å². The molecule has 0 unspecified atom stereocenters. The van der Waals surface area contributed by atoms with E-state index in [1.165, 1.54) is 24.3 Å². The Bertz CT molecular complexity index is 1160. The summed E-state index contributed by atoms with van der Waals surface area (Å²) in [7, 11) is 0. The highest BCUT2D eigenvalue weighted by molar-refractivity contribution is 6.41. The maximum atomic E-state index is 13.8. The third-order valence-electron chi connectivity index (χ3n) is 4.99. The average molecular weight is 383 g/mol. The molecule has 5 nitrogen and oxygen atoms in total. The van der Waals surface area contributed by atoms with Gasteiger partial charge in [0.1, 0.15) is 17.4 Å². The summed E-state index contributed by atoms with van der Waals surface area (Å²) in [5, 5.41) is 20.3. The molecule has 0 saturated heterocycles. The van der Waals surface area contributed by atoms with Crippen molar-refractivity contribution in [3.05, 3.63) is 76.5 Å². The normalized spacial score (nSPS) is 13.6. The van der Waals surface area contributed by atoms with Crippen LogP contribution in [0.15, 0.2) is 48.0 Å². The quantitative estimate of drug-likeness (QED) is 0.671. The molecule has 0 radical (unpaired) electrons. The number of carbonyl (C=O) groups is 2. The van der Waals surface area contributed by atoms with Gasteiger partial charge in [0.15, 0.2) is 0 Å². The van der Waals surface area contributed by atoms with Gasteiger partial charge in [-0.05, 0) is 54.3 Å². The minimum Gasteiger partial charge on any atom is -0.505 e. The van der Waals surface area contributed by atoms with Crippen molar-refractivity contribution in [2.24, 2.45) is 0 Å². The Labute approximate surface area is 158 Å². The molecule has 0 amide bonds. The van der Waals surface area contributed by atoms with E-state index in [9.17, 15) is 23.5 Å². The number of aromatic nitrogens is 1. The molecular weight excluding hydrogens is 368 g/mol. The number of aliphatic hydroxyl groups is 1. The van der Waals surface area contributed by atoms with E-state index in [-0.39, 0.29) is 24.4 Å². The number of carboxylic acids is 1. The number of ketones is 1. The van der Waals surface area contributed by atoms with Crippen LogP contribution in [-0.4, -0.2) is 26.5 Å². The van der Waals surface area contributed by atoms with Crippen molar-refractivity contribution < 1.29 is 28.6 Å². The van der Waals surface area contributed by atoms with E-state index in [1.54, 1.807) is 22.8 Å². The van der Waals surface area contributed by atoms with Gasteiger partial charge in [0.05, 0.1) is 11.3 Å². The molecule has 0 saturated carbocycles. The zero-order chi connectivity index (χ0) is 20.0. The Morgan fingerprint density at radius 2 is 1.68 bits per heavy atom. The fourth-order valence-corrected chi connectivity index (χ4v) is 3.72.